The fourth-order valence-corrected chi connectivity index (χ4v) is 5.43. The number of nitrogens with zero attached hydrogens (tertiary/aromatic N) is 4. The van der Waals surface area contributed by atoms with Gasteiger partial charge in [0.25, 0.3) is 5.56 Å². The van der Waals surface area contributed by atoms with Gasteiger partial charge in [0.1, 0.15) is 5.65 Å². The summed E-state index contributed by atoms with van der Waals surface area (Å²) in [6.45, 7) is 2.72. The van der Waals surface area contributed by atoms with E-state index in [9.17, 15) is 18.3 Å². The van der Waals surface area contributed by atoms with E-state index in [-0.39, 0.29) is 17.6 Å². The zero-order valence-corrected chi connectivity index (χ0v) is 18.2. The molecule has 10 heteroatoms. The SMILES string of the molecule is Cc1cc2cnc(NC3CCN(S(C)(=O)=O)CC3)nc2n([C@@H]2CCC[C@@H](O)C2)c1=O. The number of anilines is 1. The van der Waals surface area contributed by atoms with E-state index in [1.165, 1.54) is 10.6 Å². The van der Waals surface area contributed by atoms with Crippen LogP contribution in [0.2, 0.25) is 0 Å². The highest BCUT2D eigenvalue weighted by atomic mass is 32.2. The van der Waals surface area contributed by atoms with Gasteiger partial charge in [0.15, 0.2) is 0 Å². The lowest BCUT2D eigenvalue weighted by Crippen LogP contribution is -2.42. The summed E-state index contributed by atoms with van der Waals surface area (Å²) >= 11 is 0. The molecule has 1 saturated heterocycles. The first-order valence-electron chi connectivity index (χ1n) is 10.5. The van der Waals surface area contributed by atoms with Crippen LogP contribution in [-0.4, -0.2) is 63.9 Å². The standard InChI is InChI=1S/C20H29N5O4S/c1-13-10-14-12-21-20(22-15-6-8-24(9-7-15)30(2,28)29)23-18(14)25(19(13)27)16-4-3-5-17(26)11-16/h10,12,15-17,26H,3-9,11H2,1-2H3,(H,21,22,23)/t16-,17-/m1/s1. The normalized spacial score (nSPS) is 24.2. The van der Waals surface area contributed by atoms with E-state index in [1.807, 2.05) is 6.07 Å². The fraction of sp³-hybridized carbons (Fsp3) is 0.650. The first kappa shape index (κ1) is 21.2. The van der Waals surface area contributed by atoms with Crippen LogP contribution in [-0.2, 0) is 10.0 Å². The molecule has 164 valence electrons. The van der Waals surface area contributed by atoms with Crippen LogP contribution in [0.25, 0.3) is 11.0 Å². The van der Waals surface area contributed by atoms with Gasteiger partial charge >= 0.3 is 0 Å². The number of aliphatic hydroxyl groups is 1. The Balaban J connectivity index is 1.61. The molecule has 0 aromatic carbocycles. The predicted molar refractivity (Wildman–Crippen MR) is 115 cm³/mol. The van der Waals surface area contributed by atoms with Gasteiger partial charge in [0.2, 0.25) is 16.0 Å². The summed E-state index contributed by atoms with van der Waals surface area (Å²) in [7, 11) is -3.17. The molecular weight excluding hydrogens is 406 g/mol. The Bertz CT molecular complexity index is 1090. The van der Waals surface area contributed by atoms with Crippen molar-refractivity contribution in [1.82, 2.24) is 18.8 Å². The molecule has 4 rings (SSSR count). The van der Waals surface area contributed by atoms with Gasteiger partial charge in [-0.1, -0.05) is 0 Å². The molecule has 1 aliphatic heterocycles. The van der Waals surface area contributed by atoms with Crippen molar-refractivity contribution in [1.29, 1.82) is 0 Å². The highest BCUT2D eigenvalue weighted by Crippen LogP contribution is 2.30. The zero-order chi connectivity index (χ0) is 21.5. The molecule has 9 nitrogen and oxygen atoms in total. The predicted octanol–water partition coefficient (Wildman–Crippen LogP) is 1.41. The number of nitrogens with one attached hydrogen (secondary N) is 1. The number of piperidine rings is 1. The molecule has 2 aromatic heterocycles. The van der Waals surface area contributed by atoms with Crippen molar-refractivity contribution >= 4 is 27.0 Å². The number of rotatable bonds is 4. The van der Waals surface area contributed by atoms with Crippen LogP contribution in [0.5, 0.6) is 0 Å². The van der Waals surface area contributed by atoms with Crippen molar-refractivity contribution in [3.8, 4) is 0 Å². The lowest BCUT2D eigenvalue weighted by atomic mass is 9.92. The Morgan fingerprint density at radius 2 is 1.93 bits per heavy atom. The van der Waals surface area contributed by atoms with Crippen LogP contribution in [0, 0.1) is 6.92 Å². The molecule has 2 atom stereocenters. The molecule has 2 aromatic rings. The van der Waals surface area contributed by atoms with Crippen molar-refractivity contribution in [2.45, 2.75) is 63.6 Å². The minimum Gasteiger partial charge on any atom is -0.393 e. The second-order valence-corrected chi connectivity index (χ2v) is 10.5. The van der Waals surface area contributed by atoms with E-state index >= 15 is 0 Å². The second-order valence-electron chi connectivity index (χ2n) is 8.53. The summed E-state index contributed by atoms with van der Waals surface area (Å²) in [4.78, 5) is 22.0. The summed E-state index contributed by atoms with van der Waals surface area (Å²) in [5, 5.41) is 14.2. The Morgan fingerprint density at radius 1 is 1.20 bits per heavy atom. The van der Waals surface area contributed by atoms with Gasteiger partial charge in [-0.2, -0.15) is 4.98 Å². The molecular formula is C20H29N5O4S. The Kier molecular flexibility index (Phi) is 5.82. The van der Waals surface area contributed by atoms with Crippen LogP contribution in [0.3, 0.4) is 0 Å². The van der Waals surface area contributed by atoms with Crippen LogP contribution < -0.4 is 10.9 Å². The van der Waals surface area contributed by atoms with Crippen molar-refractivity contribution < 1.29 is 13.5 Å². The maximum atomic E-state index is 13.0. The Hall–Kier alpha value is -2.04. The van der Waals surface area contributed by atoms with E-state index in [1.54, 1.807) is 17.7 Å². The molecule has 0 radical (unpaired) electrons. The van der Waals surface area contributed by atoms with Gasteiger partial charge in [0, 0.05) is 42.3 Å². The largest absolute Gasteiger partial charge is 0.393 e. The molecule has 30 heavy (non-hydrogen) atoms. The van der Waals surface area contributed by atoms with Crippen LogP contribution in [0.1, 0.15) is 50.1 Å². The van der Waals surface area contributed by atoms with Crippen molar-refractivity contribution in [3.05, 3.63) is 28.2 Å². The number of fused-ring (bicyclic) bond motifs is 1. The maximum absolute atomic E-state index is 13.0. The van der Waals surface area contributed by atoms with Crippen LogP contribution in [0.4, 0.5) is 5.95 Å². The van der Waals surface area contributed by atoms with Gasteiger partial charge in [-0.15, -0.1) is 0 Å². The van der Waals surface area contributed by atoms with Gasteiger partial charge in [-0.05, 0) is 51.5 Å². The first-order valence-corrected chi connectivity index (χ1v) is 12.4. The molecule has 0 unspecified atom stereocenters. The molecule has 0 amide bonds. The molecule has 2 N–H and O–H groups in total. The monoisotopic (exact) mass is 435 g/mol. The summed E-state index contributed by atoms with van der Waals surface area (Å²) in [5.74, 6) is 0.439. The van der Waals surface area contributed by atoms with E-state index in [4.69, 9.17) is 0 Å². The van der Waals surface area contributed by atoms with E-state index in [2.05, 4.69) is 15.3 Å². The Morgan fingerprint density at radius 3 is 2.60 bits per heavy atom. The second kappa shape index (κ2) is 8.24. The molecule has 1 aliphatic carbocycles. The molecule has 2 fully saturated rings. The van der Waals surface area contributed by atoms with Gasteiger partial charge < -0.3 is 10.4 Å². The number of pyridine rings is 1. The van der Waals surface area contributed by atoms with Gasteiger partial charge in [-0.25, -0.2) is 17.7 Å². The number of hydrogen-bond acceptors (Lipinski definition) is 7. The van der Waals surface area contributed by atoms with Crippen molar-refractivity contribution in [3.63, 3.8) is 0 Å². The van der Waals surface area contributed by atoms with Crippen LogP contribution in [0.15, 0.2) is 17.1 Å². The average molecular weight is 436 g/mol. The minimum absolute atomic E-state index is 0.0718. The smallest absolute Gasteiger partial charge is 0.255 e. The van der Waals surface area contributed by atoms with Crippen molar-refractivity contribution in [2.24, 2.45) is 0 Å². The third-order valence-electron chi connectivity index (χ3n) is 6.19. The highest BCUT2D eigenvalue weighted by Gasteiger charge is 2.27. The fourth-order valence-electron chi connectivity index (χ4n) is 4.55. The lowest BCUT2D eigenvalue weighted by molar-refractivity contribution is 0.104. The number of hydrogen-bond donors (Lipinski definition) is 2. The summed E-state index contributed by atoms with van der Waals surface area (Å²) in [6, 6.07) is 1.80. The van der Waals surface area contributed by atoms with Crippen molar-refractivity contribution in [2.75, 3.05) is 24.7 Å². The van der Waals surface area contributed by atoms with E-state index < -0.39 is 16.1 Å². The maximum Gasteiger partial charge on any atom is 0.255 e. The lowest BCUT2D eigenvalue weighted by Gasteiger charge is -2.31. The van der Waals surface area contributed by atoms with Crippen LogP contribution >= 0.6 is 0 Å². The average Bonchev–Trinajstić information content (AvgIpc) is 2.69. The number of aryl methyl sites for hydroxylation is 1. The third kappa shape index (κ3) is 4.35. The minimum atomic E-state index is -3.17. The summed E-state index contributed by atoms with van der Waals surface area (Å²) in [6.07, 6.45) is 6.93. The number of aliphatic hydroxyl groups excluding tert-OH is 1. The quantitative estimate of drug-likeness (QED) is 0.746. The third-order valence-corrected chi connectivity index (χ3v) is 7.50. The first-order chi connectivity index (χ1) is 14.2. The van der Waals surface area contributed by atoms with E-state index in [0.717, 1.165) is 24.6 Å². The zero-order valence-electron chi connectivity index (χ0n) is 17.4. The molecule has 1 saturated carbocycles. The molecule has 2 aliphatic rings. The van der Waals surface area contributed by atoms with Gasteiger partial charge in [-0.3, -0.25) is 9.36 Å². The van der Waals surface area contributed by atoms with E-state index in [0.29, 0.717) is 49.5 Å². The molecule has 3 heterocycles. The molecule has 0 spiro atoms. The molecule has 0 bridgehead atoms. The topological polar surface area (TPSA) is 117 Å². The highest BCUT2D eigenvalue weighted by molar-refractivity contribution is 7.88. The van der Waals surface area contributed by atoms with Gasteiger partial charge in [0.05, 0.1) is 12.4 Å². The number of aromatic nitrogens is 3. The Labute approximate surface area is 176 Å². The summed E-state index contributed by atoms with van der Waals surface area (Å²) in [5.41, 5.74) is 1.14. The summed E-state index contributed by atoms with van der Waals surface area (Å²) < 4.78 is 26.6. The number of sulfonamides is 1.